The molecule has 0 aliphatic rings. The number of hydrogen-bond acceptors (Lipinski definition) is 1. The Morgan fingerprint density at radius 2 is 1.80 bits per heavy atom. The second-order valence-electron chi connectivity index (χ2n) is 2.17. The zero-order valence-corrected chi connectivity index (χ0v) is 6.93. The molecule has 0 bridgehead atoms. The minimum Gasteiger partial charge on any atom is -0.368 e. The summed E-state index contributed by atoms with van der Waals surface area (Å²) in [6.07, 6.45) is 11.6. The Bertz CT molecular complexity index is 103. The molecule has 0 fully saturated rings. The first-order chi connectivity index (χ1) is 4.91. The lowest BCUT2D eigenvalue weighted by atomic mass is 10.3. The van der Waals surface area contributed by atoms with Crippen molar-refractivity contribution >= 4 is 0 Å². The quantitative estimate of drug-likeness (QED) is 0.617. The van der Waals surface area contributed by atoms with E-state index in [9.17, 15) is 0 Å². The van der Waals surface area contributed by atoms with E-state index in [0.717, 1.165) is 12.8 Å². The van der Waals surface area contributed by atoms with E-state index in [0.29, 0.717) is 0 Å². The Morgan fingerprint density at radius 1 is 1.10 bits per heavy atom. The fraction of sp³-hybridized carbons (Fsp3) is 0.556. The van der Waals surface area contributed by atoms with Gasteiger partial charge in [-0.15, -0.1) is 0 Å². The fourth-order valence-electron chi connectivity index (χ4n) is 0.559. The van der Waals surface area contributed by atoms with Gasteiger partial charge < -0.3 is 5.32 Å². The molecule has 0 saturated carbocycles. The molecule has 0 radical (unpaired) electrons. The molecule has 0 aromatic rings. The summed E-state index contributed by atoms with van der Waals surface area (Å²) in [4.78, 5) is 0. The largest absolute Gasteiger partial charge is 0.368 e. The Morgan fingerprint density at radius 3 is 2.40 bits per heavy atom. The lowest BCUT2D eigenvalue weighted by molar-refractivity contribution is 0.948. The Hall–Kier alpha value is -0.720. The van der Waals surface area contributed by atoms with Crippen LogP contribution in [-0.2, 0) is 0 Å². The van der Waals surface area contributed by atoms with Crippen molar-refractivity contribution in [2.75, 3.05) is 0 Å². The van der Waals surface area contributed by atoms with E-state index in [1.54, 1.807) is 0 Å². The van der Waals surface area contributed by atoms with Gasteiger partial charge in [0.25, 0.3) is 0 Å². The number of unbranched alkanes of at least 4 members (excludes halogenated alkanes) is 1. The van der Waals surface area contributed by atoms with Gasteiger partial charge in [-0.2, -0.15) is 0 Å². The monoisotopic (exact) mass is 139 g/mol. The lowest BCUT2D eigenvalue weighted by Crippen LogP contribution is -1.90. The van der Waals surface area contributed by atoms with Gasteiger partial charge in [0.15, 0.2) is 0 Å². The second kappa shape index (κ2) is 8.28. The standard InChI is InChI=1S/C9H17N/c1-3-5-7-9-10-8-6-4-2/h6-10H,3-5H2,1-2H3. The number of hydrogen-bond donors (Lipinski definition) is 1. The molecule has 0 spiro atoms. The topological polar surface area (TPSA) is 12.0 Å². The third-order valence-corrected chi connectivity index (χ3v) is 1.12. The summed E-state index contributed by atoms with van der Waals surface area (Å²) in [5, 5.41) is 3.06. The minimum atomic E-state index is 1.09. The molecule has 1 heteroatoms. The van der Waals surface area contributed by atoms with Crippen LogP contribution in [0.1, 0.15) is 33.1 Å². The highest BCUT2D eigenvalue weighted by Crippen LogP contribution is 1.85. The number of allylic oxidation sites excluding steroid dienone is 2. The van der Waals surface area contributed by atoms with Gasteiger partial charge in [-0.3, -0.25) is 0 Å². The third-order valence-electron chi connectivity index (χ3n) is 1.12. The van der Waals surface area contributed by atoms with Crippen LogP contribution in [0, 0.1) is 0 Å². The molecule has 0 aromatic heterocycles. The number of rotatable bonds is 5. The van der Waals surface area contributed by atoms with Crippen LogP contribution in [0.25, 0.3) is 0 Å². The molecule has 0 saturated heterocycles. The SMILES string of the molecule is CCC=CNC=CCCC. The van der Waals surface area contributed by atoms with E-state index >= 15 is 0 Å². The Labute approximate surface area is 63.8 Å². The zero-order valence-electron chi connectivity index (χ0n) is 6.93. The van der Waals surface area contributed by atoms with Gasteiger partial charge >= 0.3 is 0 Å². The molecule has 0 aliphatic heterocycles. The molecule has 58 valence electrons. The summed E-state index contributed by atoms with van der Waals surface area (Å²) in [6, 6.07) is 0. The van der Waals surface area contributed by atoms with Gasteiger partial charge in [0.2, 0.25) is 0 Å². The molecule has 0 unspecified atom stereocenters. The molecular weight excluding hydrogens is 122 g/mol. The average Bonchev–Trinajstić information content (AvgIpc) is 1.97. The van der Waals surface area contributed by atoms with E-state index in [-0.39, 0.29) is 0 Å². The molecule has 10 heavy (non-hydrogen) atoms. The Balaban J connectivity index is 3.09. The molecule has 0 heterocycles. The van der Waals surface area contributed by atoms with Crippen LogP contribution in [0.5, 0.6) is 0 Å². The average molecular weight is 139 g/mol. The van der Waals surface area contributed by atoms with Gasteiger partial charge in [-0.25, -0.2) is 0 Å². The summed E-state index contributed by atoms with van der Waals surface area (Å²) in [6.45, 7) is 4.29. The van der Waals surface area contributed by atoms with Gasteiger partial charge in [0.05, 0.1) is 0 Å². The first-order valence-electron chi connectivity index (χ1n) is 3.97. The normalized spacial score (nSPS) is 11.4. The minimum absolute atomic E-state index is 1.09. The summed E-state index contributed by atoms with van der Waals surface area (Å²) >= 11 is 0. The molecule has 0 aliphatic carbocycles. The van der Waals surface area contributed by atoms with E-state index in [1.165, 1.54) is 6.42 Å². The summed E-state index contributed by atoms with van der Waals surface area (Å²) in [5.41, 5.74) is 0. The van der Waals surface area contributed by atoms with Crippen molar-refractivity contribution in [1.29, 1.82) is 0 Å². The van der Waals surface area contributed by atoms with Gasteiger partial charge in [0, 0.05) is 0 Å². The van der Waals surface area contributed by atoms with E-state index < -0.39 is 0 Å². The lowest BCUT2D eigenvalue weighted by Gasteiger charge is -1.87. The van der Waals surface area contributed by atoms with Crippen LogP contribution < -0.4 is 5.32 Å². The number of nitrogens with one attached hydrogen (secondary N) is 1. The van der Waals surface area contributed by atoms with Crippen LogP contribution in [0.3, 0.4) is 0 Å². The maximum atomic E-state index is 3.06. The molecule has 0 rings (SSSR count). The summed E-state index contributed by atoms with van der Waals surface area (Å²) in [7, 11) is 0. The van der Waals surface area contributed by atoms with Crippen molar-refractivity contribution in [2.24, 2.45) is 0 Å². The van der Waals surface area contributed by atoms with Crippen LogP contribution in [-0.4, -0.2) is 0 Å². The fourth-order valence-corrected chi connectivity index (χ4v) is 0.559. The summed E-state index contributed by atoms with van der Waals surface area (Å²) in [5.74, 6) is 0. The molecule has 1 nitrogen and oxygen atoms in total. The van der Waals surface area contributed by atoms with E-state index in [4.69, 9.17) is 0 Å². The highest BCUT2D eigenvalue weighted by Gasteiger charge is 1.69. The maximum Gasteiger partial charge on any atom is -0.00358 e. The highest BCUT2D eigenvalue weighted by molar-refractivity contribution is 4.87. The second-order valence-corrected chi connectivity index (χ2v) is 2.17. The van der Waals surface area contributed by atoms with Gasteiger partial charge in [-0.1, -0.05) is 32.4 Å². The molecule has 0 atom stereocenters. The third kappa shape index (κ3) is 7.28. The van der Waals surface area contributed by atoms with Crippen molar-refractivity contribution in [1.82, 2.24) is 5.32 Å². The van der Waals surface area contributed by atoms with E-state index in [1.807, 2.05) is 12.4 Å². The summed E-state index contributed by atoms with van der Waals surface area (Å²) < 4.78 is 0. The Kier molecular flexibility index (Phi) is 7.68. The van der Waals surface area contributed by atoms with Crippen molar-refractivity contribution in [3.8, 4) is 0 Å². The predicted octanol–water partition coefficient (Wildman–Crippen LogP) is 2.81. The van der Waals surface area contributed by atoms with E-state index in [2.05, 4.69) is 31.3 Å². The van der Waals surface area contributed by atoms with Crippen molar-refractivity contribution in [3.63, 3.8) is 0 Å². The van der Waals surface area contributed by atoms with Crippen LogP contribution in [0.15, 0.2) is 24.6 Å². The van der Waals surface area contributed by atoms with Crippen molar-refractivity contribution in [3.05, 3.63) is 24.6 Å². The maximum absolute atomic E-state index is 3.06. The molecule has 0 aromatic carbocycles. The van der Waals surface area contributed by atoms with Crippen LogP contribution in [0.2, 0.25) is 0 Å². The smallest absolute Gasteiger partial charge is 0.00358 e. The van der Waals surface area contributed by atoms with Gasteiger partial charge in [-0.05, 0) is 25.2 Å². The zero-order chi connectivity index (χ0) is 7.66. The molecule has 1 N–H and O–H groups in total. The first kappa shape index (κ1) is 9.28. The van der Waals surface area contributed by atoms with Gasteiger partial charge in [0.1, 0.15) is 0 Å². The molecular formula is C9H17N. The van der Waals surface area contributed by atoms with Crippen molar-refractivity contribution in [2.45, 2.75) is 33.1 Å². The van der Waals surface area contributed by atoms with Crippen molar-refractivity contribution < 1.29 is 0 Å². The first-order valence-corrected chi connectivity index (χ1v) is 3.97. The van der Waals surface area contributed by atoms with Crippen LogP contribution in [0.4, 0.5) is 0 Å². The van der Waals surface area contributed by atoms with Crippen LogP contribution >= 0.6 is 0 Å². The highest BCUT2D eigenvalue weighted by atomic mass is 14.8. The molecule has 0 amide bonds. The predicted molar refractivity (Wildman–Crippen MR) is 46.6 cm³/mol.